The number of rotatable bonds is 3. The fraction of sp³-hybridized carbons (Fsp3) is 0.571. The van der Waals surface area contributed by atoms with Gasteiger partial charge in [0.1, 0.15) is 11.2 Å². The summed E-state index contributed by atoms with van der Waals surface area (Å²) in [7, 11) is 0. The van der Waals surface area contributed by atoms with E-state index in [2.05, 4.69) is 15.3 Å². The minimum absolute atomic E-state index is 0.0502. The van der Waals surface area contributed by atoms with Gasteiger partial charge >= 0.3 is 11.8 Å². The number of hydrogen-bond acceptors (Lipinski definition) is 6. The van der Waals surface area contributed by atoms with Gasteiger partial charge in [-0.2, -0.15) is 0 Å². The van der Waals surface area contributed by atoms with E-state index in [1.165, 1.54) is 16.8 Å². The Balaban J connectivity index is 1.43. The summed E-state index contributed by atoms with van der Waals surface area (Å²) in [5, 5.41) is 3.17. The van der Waals surface area contributed by atoms with Gasteiger partial charge in [0.05, 0.1) is 10.9 Å². The third-order valence-electron chi connectivity index (χ3n) is 5.43. The van der Waals surface area contributed by atoms with Gasteiger partial charge in [-0.05, 0) is 52.5 Å². The smallest absolute Gasteiger partial charge is 0.410 e. The second-order valence-corrected chi connectivity index (χ2v) is 9.17. The SMILES string of the molecule is CC(C)(C)OC(=O)N1CCC(NC(=O)c2cnc3c(c2)c(=O)[nH]c(=O)n3C2CC2)CC1. The molecule has 2 aromatic heterocycles. The molecule has 1 saturated carbocycles. The van der Waals surface area contributed by atoms with E-state index in [-0.39, 0.29) is 35.0 Å². The molecule has 2 aliphatic rings. The van der Waals surface area contributed by atoms with Crippen LogP contribution in [0.5, 0.6) is 0 Å². The Morgan fingerprint density at radius 3 is 2.45 bits per heavy atom. The second kappa shape index (κ2) is 7.82. The van der Waals surface area contributed by atoms with Crippen LogP contribution in [0.15, 0.2) is 21.9 Å². The molecular formula is C21H27N5O5. The molecule has 166 valence electrons. The number of amides is 2. The third-order valence-corrected chi connectivity index (χ3v) is 5.43. The number of likely N-dealkylation sites (tertiary alicyclic amines) is 1. The van der Waals surface area contributed by atoms with Crippen molar-refractivity contribution >= 4 is 23.0 Å². The number of nitrogens with zero attached hydrogens (tertiary/aromatic N) is 3. The fourth-order valence-corrected chi connectivity index (χ4v) is 3.73. The standard InChI is InChI=1S/C21H27N5O5/c1-21(2,3)31-20(30)25-8-6-13(7-9-25)23-17(27)12-10-15-16(22-11-12)26(14-4-5-14)19(29)24-18(15)28/h10-11,13-14H,4-9H2,1-3H3,(H,23,27)(H,24,28,29). The van der Waals surface area contributed by atoms with Gasteiger partial charge in [0, 0.05) is 31.4 Å². The lowest BCUT2D eigenvalue weighted by Gasteiger charge is -2.33. The number of hydrogen-bond donors (Lipinski definition) is 2. The van der Waals surface area contributed by atoms with E-state index in [0.717, 1.165) is 12.8 Å². The van der Waals surface area contributed by atoms with Gasteiger partial charge in [-0.1, -0.05) is 0 Å². The largest absolute Gasteiger partial charge is 0.444 e. The van der Waals surface area contributed by atoms with Crippen molar-refractivity contribution in [3.8, 4) is 0 Å². The Morgan fingerprint density at radius 1 is 1.16 bits per heavy atom. The number of pyridine rings is 1. The van der Waals surface area contributed by atoms with Gasteiger partial charge in [-0.3, -0.25) is 19.1 Å². The molecular weight excluding hydrogens is 402 g/mol. The van der Waals surface area contributed by atoms with Gasteiger partial charge < -0.3 is 15.0 Å². The quantitative estimate of drug-likeness (QED) is 0.762. The highest BCUT2D eigenvalue weighted by atomic mass is 16.6. The number of nitrogens with one attached hydrogen (secondary N) is 2. The predicted octanol–water partition coefficient (Wildman–Crippen LogP) is 1.55. The summed E-state index contributed by atoms with van der Waals surface area (Å²) in [5.74, 6) is -0.339. The zero-order valence-electron chi connectivity index (χ0n) is 17.9. The maximum absolute atomic E-state index is 12.7. The average Bonchev–Trinajstić information content (AvgIpc) is 3.52. The van der Waals surface area contributed by atoms with Gasteiger partial charge in [0.25, 0.3) is 11.5 Å². The van der Waals surface area contributed by atoms with E-state index in [1.807, 2.05) is 20.8 Å². The summed E-state index contributed by atoms with van der Waals surface area (Å²) >= 11 is 0. The number of fused-ring (bicyclic) bond motifs is 1. The number of ether oxygens (including phenoxy) is 1. The molecule has 31 heavy (non-hydrogen) atoms. The van der Waals surface area contributed by atoms with Crippen molar-refractivity contribution < 1.29 is 14.3 Å². The summed E-state index contributed by atoms with van der Waals surface area (Å²) in [6.45, 7) is 6.45. The summed E-state index contributed by atoms with van der Waals surface area (Å²) in [6.07, 6.45) is 3.99. The third kappa shape index (κ3) is 4.62. The molecule has 2 aromatic rings. The van der Waals surface area contributed by atoms with Crippen LogP contribution in [-0.4, -0.2) is 56.2 Å². The summed E-state index contributed by atoms with van der Waals surface area (Å²) in [5.41, 5.74) is -1.01. The number of aromatic amines is 1. The molecule has 10 nitrogen and oxygen atoms in total. The van der Waals surface area contributed by atoms with E-state index in [1.54, 1.807) is 4.90 Å². The maximum Gasteiger partial charge on any atom is 0.410 e. The molecule has 1 saturated heterocycles. The second-order valence-electron chi connectivity index (χ2n) is 9.17. The molecule has 10 heteroatoms. The predicted molar refractivity (Wildman–Crippen MR) is 113 cm³/mol. The van der Waals surface area contributed by atoms with Crippen LogP contribution in [0.2, 0.25) is 0 Å². The Labute approximate surface area is 178 Å². The van der Waals surface area contributed by atoms with Gasteiger partial charge in [0.2, 0.25) is 0 Å². The van der Waals surface area contributed by atoms with Crippen LogP contribution >= 0.6 is 0 Å². The van der Waals surface area contributed by atoms with Gasteiger partial charge in [0.15, 0.2) is 0 Å². The molecule has 0 atom stereocenters. The Hall–Kier alpha value is -3.17. The average molecular weight is 429 g/mol. The van der Waals surface area contributed by atoms with Crippen LogP contribution in [0.1, 0.15) is 62.9 Å². The fourth-order valence-electron chi connectivity index (χ4n) is 3.73. The van der Waals surface area contributed by atoms with Crippen LogP contribution in [0.3, 0.4) is 0 Å². The molecule has 1 aliphatic heterocycles. The molecule has 2 amide bonds. The monoisotopic (exact) mass is 429 g/mol. The Bertz CT molecular complexity index is 1130. The zero-order chi connectivity index (χ0) is 22.3. The number of carbonyl (C=O) groups is 2. The highest BCUT2D eigenvalue weighted by molar-refractivity contribution is 5.96. The van der Waals surface area contributed by atoms with E-state index in [4.69, 9.17) is 4.74 Å². The van der Waals surface area contributed by atoms with Crippen LogP contribution in [0.4, 0.5) is 4.79 Å². The summed E-state index contributed by atoms with van der Waals surface area (Å²) in [6, 6.07) is 1.43. The summed E-state index contributed by atoms with van der Waals surface area (Å²) < 4.78 is 6.88. The normalized spacial score (nSPS) is 17.6. The Kier molecular flexibility index (Phi) is 5.32. The van der Waals surface area contributed by atoms with Crippen molar-refractivity contribution in [2.75, 3.05) is 13.1 Å². The number of H-pyrrole nitrogens is 1. The van der Waals surface area contributed by atoms with Crippen LogP contribution < -0.4 is 16.6 Å². The first kappa shape index (κ1) is 21.1. The van der Waals surface area contributed by atoms with Crippen LogP contribution in [0, 0.1) is 0 Å². The van der Waals surface area contributed by atoms with Crippen molar-refractivity contribution in [3.05, 3.63) is 38.7 Å². The lowest BCUT2D eigenvalue weighted by Crippen LogP contribution is -2.47. The number of aromatic nitrogens is 3. The lowest BCUT2D eigenvalue weighted by molar-refractivity contribution is 0.0199. The van der Waals surface area contributed by atoms with Crippen molar-refractivity contribution in [3.63, 3.8) is 0 Å². The molecule has 0 bridgehead atoms. The minimum atomic E-state index is -0.551. The zero-order valence-corrected chi connectivity index (χ0v) is 17.9. The molecule has 0 spiro atoms. The molecule has 0 aromatic carbocycles. The minimum Gasteiger partial charge on any atom is -0.444 e. The molecule has 1 aliphatic carbocycles. The molecule has 3 heterocycles. The van der Waals surface area contributed by atoms with Gasteiger partial charge in [-0.15, -0.1) is 0 Å². The molecule has 0 unspecified atom stereocenters. The van der Waals surface area contributed by atoms with E-state index < -0.39 is 16.9 Å². The van der Waals surface area contributed by atoms with E-state index in [0.29, 0.717) is 31.6 Å². The summed E-state index contributed by atoms with van der Waals surface area (Å²) in [4.78, 5) is 57.5. The van der Waals surface area contributed by atoms with Crippen LogP contribution in [0.25, 0.3) is 11.0 Å². The molecule has 2 N–H and O–H groups in total. The van der Waals surface area contributed by atoms with E-state index >= 15 is 0 Å². The van der Waals surface area contributed by atoms with E-state index in [9.17, 15) is 19.2 Å². The number of piperidine rings is 1. The van der Waals surface area contributed by atoms with Crippen molar-refractivity contribution in [1.29, 1.82) is 0 Å². The highest BCUT2D eigenvalue weighted by Crippen LogP contribution is 2.34. The first-order valence-corrected chi connectivity index (χ1v) is 10.6. The number of carbonyl (C=O) groups excluding carboxylic acids is 2. The van der Waals surface area contributed by atoms with Crippen molar-refractivity contribution in [2.24, 2.45) is 0 Å². The van der Waals surface area contributed by atoms with Crippen molar-refractivity contribution in [2.45, 2.75) is 64.1 Å². The first-order valence-electron chi connectivity index (χ1n) is 10.6. The van der Waals surface area contributed by atoms with Crippen molar-refractivity contribution in [1.82, 2.24) is 24.8 Å². The van der Waals surface area contributed by atoms with Gasteiger partial charge in [-0.25, -0.2) is 14.6 Å². The van der Waals surface area contributed by atoms with Crippen LogP contribution in [-0.2, 0) is 4.74 Å². The molecule has 0 radical (unpaired) electrons. The lowest BCUT2D eigenvalue weighted by atomic mass is 10.0. The maximum atomic E-state index is 12.7. The topological polar surface area (TPSA) is 126 Å². The first-order chi connectivity index (χ1) is 14.6. The highest BCUT2D eigenvalue weighted by Gasteiger charge is 2.29. The Morgan fingerprint density at radius 2 is 1.84 bits per heavy atom. The molecule has 2 fully saturated rings. The molecule has 4 rings (SSSR count).